The first-order valence-electron chi connectivity index (χ1n) is 9.75. The molecule has 0 saturated carbocycles. The average molecular weight is 358 g/mol. The lowest BCUT2D eigenvalue weighted by molar-refractivity contribution is -0.135. The van der Waals surface area contributed by atoms with E-state index in [-0.39, 0.29) is 17.7 Å². The molecule has 3 rings (SSSR count). The van der Waals surface area contributed by atoms with E-state index < -0.39 is 0 Å². The number of hydrogen-bond acceptors (Lipinski definition) is 3. The highest BCUT2D eigenvalue weighted by atomic mass is 16.5. The van der Waals surface area contributed by atoms with Gasteiger partial charge in [-0.2, -0.15) is 0 Å². The summed E-state index contributed by atoms with van der Waals surface area (Å²) in [7, 11) is 1.87. The van der Waals surface area contributed by atoms with E-state index in [4.69, 9.17) is 4.74 Å². The minimum atomic E-state index is -0.206. The van der Waals surface area contributed by atoms with Gasteiger partial charge in [0.15, 0.2) is 0 Å². The van der Waals surface area contributed by atoms with Gasteiger partial charge >= 0.3 is 0 Å². The molecule has 2 heterocycles. The summed E-state index contributed by atoms with van der Waals surface area (Å²) in [6.45, 7) is 5.61. The van der Waals surface area contributed by atoms with E-state index in [1.807, 2.05) is 16.8 Å². The van der Waals surface area contributed by atoms with Gasteiger partial charge in [-0.1, -0.05) is 31.2 Å². The summed E-state index contributed by atoms with van der Waals surface area (Å²) >= 11 is 0. The normalized spacial score (nSPS) is 21.2. The molecule has 0 aromatic heterocycles. The Kier molecular flexibility index (Phi) is 6.30. The second-order valence-corrected chi connectivity index (χ2v) is 7.62. The van der Waals surface area contributed by atoms with Gasteiger partial charge in [-0.25, -0.2) is 0 Å². The highest BCUT2D eigenvalue weighted by Crippen LogP contribution is 2.23. The largest absolute Gasteiger partial charge is 0.381 e. The minimum absolute atomic E-state index is 0.0855. The van der Waals surface area contributed by atoms with Crippen LogP contribution in [-0.2, 0) is 27.3 Å². The average Bonchev–Trinajstić information content (AvgIpc) is 3.03. The van der Waals surface area contributed by atoms with Gasteiger partial charge in [-0.15, -0.1) is 0 Å². The highest BCUT2D eigenvalue weighted by molar-refractivity contribution is 5.89. The van der Waals surface area contributed by atoms with Crippen molar-refractivity contribution < 1.29 is 14.3 Å². The quantitative estimate of drug-likeness (QED) is 0.785. The van der Waals surface area contributed by atoms with Crippen LogP contribution in [0.3, 0.4) is 0 Å². The summed E-state index contributed by atoms with van der Waals surface area (Å²) in [5, 5.41) is 0. The molecule has 0 N–H and O–H groups in total. The van der Waals surface area contributed by atoms with E-state index in [9.17, 15) is 9.59 Å². The first-order chi connectivity index (χ1) is 12.6. The lowest BCUT2D eigenvalue weighted by Gasteiger charge is -2.28. The van der Waals surface area contributed by atoms with Crippen molar-refractivity contribution in [1.82, 2.24) is 9.80 Å². The SMILES string of the molecule is CCc1ccc(CN2C[C@H](C(=O)N(C)CC3CCOCC3)CC2=O)cc1. The second-order valence-electron chi connectivity index (χ2n) is 7.62. The number of amides is 2. The summed E-state index contributed by atoms with van der Waals surface area (Å²) in [4.78, 5) is 28.8. The van der Waals surface area contributed by atoms with Crippen LogP contribution in [0.4, 0.5) is 0 Å². The maximum absolute atomic E-state index is 12.8. The number of rotatable bonds is 6. The molecule has 2 aliphatic heterocycles. The van der Waals surface area contributed by atoms with Gasteiger partial charge in [0.05, 0.1) is 5.92 Å². The van der Waals surface area contributed by atoms with Gasteiger partial charge in [0, 0.05) is 46.3 Å². The Morgan fingerprint density at radius 2 is 1.85 bits per heavy atom. The topological polar surface area (TPSA) is 49.9 Å². The van der Waals surface area contributed by atoms with Gasteiger partial charge < -0.3 is 14.5 Å². The van der Waals surface area contributed by atoms with Gasteiger partial charge in [-0.05, 0) is 36.3 Å². The number of carbonyl (C=O) groups excluding carboxylic acids is 2. The molecule has 2 saturated heterocycles. The summed E-state index contributed by atoms with van der Waals surface area (Å²) in [6.07, 6.45) is 3.38. The number of nitrogens with zero attached hydrogens (tertiary/aromatic N) is 2. The van der Waals surface area contributed by atoms with E-state index >= 15 is 0 Å². The van der Waals surface area contributed by atoms with Gasteiger partial charge in [0.2, 0.25) is 11.8 Å². The molecule has 1 aromatic carbocycles. The number of carbonyl (C=O) groups is 2. The molecule has 0 radical (unpaired) electrons. The molecule has 26 heavy (non-hydrogen) atoms. The lowest BCUT2D eigenvalue weighted by atomic mass is 9.99. The summed E-state index contributed by atoms with van der Waals surface area (Å²) in [6, 6.07) is 8.39. The Bertz CT molecular complexity index is 623. The molecule has 5 heteroatoms. The zero-order chi connectivity index (χ0) is 18.5. The van der Waals surface area contributed by atoms with Gasteiger partial charge in [-0.3, -0.25) is 9.59 Å². The second kappa shape index (κ2) is 8.67. The van der Waals surface area contributed by atoms with E-state index in [1.165, 1.54) is 5.56 Å². The molecule has 0 unspecified atom stereocenters. The molecule has 2 fully saturated rings. The minimum Gasteiger partial charge on any atom is -0.381 e. The van der Waals surface area contributed by atoms with Crippen molar-refractivity contribution in [2.45, 2.75) is 39.2 Å². The summed E-state index contributed by atoms with van der Waals surface area (Å²) < 4.78 is 5.39. The summed E-state index contributed by atoms with van der Waals surface area (Å²) in [5.74, 6) is 0.501. The number of ether oxygens (including phenoxy) is 1. The Labute approximate surface area is 156 Å². The first kappa shape index (κ1) is 18.9. The Morgan fingerprint density at radius 1 is 1.19 bits per heavy atom. The van der Waals surface area contributed by atoms with Crippen LogP contribution in [-0.4, -0.2) is 55.0 Å². The fraction of sp³-hybridized carbons (Fsp3) is 0.619. The van der Waals surface area contributed by atoms with Crippen molar-refractivity contribution in [3.05, 3.63) is 35.4 Å². The highest BCUT2D eigenvalue weighted by Gasteiger charge is 2.36. The number of benzene rings is 1. The van der Waals surface area contributed by atoms with Crippen LogP contribution in [0, 0.1) is 11.8 Å². The molecule has 0 spiro atoms. The van der Waals surface area contributed by atoms with E-state index in [2.05, 4.69) is 31.2 Å². The van der Waals surface area contributed by atoms with Crippen molar-refractivity contribution in [3.63, 3.8) is 0 Å². The molecule has 2 amide bonds. The Morgan fingerprint density at radius 3 is 2.50 bits per heavy atom. The maximum Gasteiger partial charge on any atom is 0.227 e. The lowest BCUT2D eigenvalue weighted by Crippen LogP contribution is -2.38. The molecular weight excluding hydrogens is 328 g/mol. The van der Waals surface area contributed by atoms with E-state index in [0.717, 1.165) is 44.6 Å². The smallest absolute Gasteiger partial charge is 0.227 e. The number of aryl methyl sites for hydroxylation is 1. The van der Waals surface area contributed by atoms with Crippen molar-refractivity contribution in [2.75, 3.05) is 33.4 Å². The third-order valence-corrected chi connectivity index (χ3v) is 5.62. The monoisotopic (exact) mass is 358 g/mol. The molecule has 2 aliphatic rings. The van der Waals surface area contributed by atoms with Crippen LogP contribution in [0.15, 0.2) is 24.3 Å². The standard InChI is InChI=1S/C21H30N2O3/c1-3-16-4-6-17(7-5-16)14-23-15-19(12-20(23)24)21(25)22(2)13-18-8-10-26-11-9-18/h4-7,18-19H,3,8-15H2,1-2H3/t19-/m1/s1. The fourth-order valence-electron chi connectivity index (χ4n) is 3.91. The van der Waals surface area contributed by atoms with Crippen LogP contribution < -0.4 is 0 Å². The molecule has 1 atom stereocenters. The third kappa shape index (κ3) is 4.64. The van der Waals surface area contributed by atoms with Crippen molar-refractivity contribution in [2.24, 2.45) is 11.8 Å². The Balaban J connectivity index is 1.53. The van der Waals surface area contributed by atoms with Crippen LogP contribution in [0.2, 0.25) is 0 Å². The molecule has 5 nitrogen and oxygen atoms in total. The Hall–Kier alpha value is -1.88. The van der Waals surface area contributed by atoms with Gasteiger partial charge in [0.25, 0.3) is 0 Å². The van der Waals surface area contributed by atoms with Crippen molar-refractivity contribution in [1.29, 1.82) is 0 Å². The van der Waals surface area contributed by atoms with Crippen LogP contribution in [0.25, 0.3) is 0 Å². The van der Waals surface area contributed by atoms with Crippen LogP contribution >= 0.6 is 0 Å². The predicted octanol–water partition coefficient (Wildman–Crippen LogP) is 2.48. The molecule has 0 bridgehead atoms. The van der Waals surface area contributed by atoms with Crippen LogP contribution in [0.5, 0.6) is 0 Å². The molecule has 1 aromatic rings. The van der Waals surface area contributed by atoms with E-state index in [0.29, 0.717) is 25.4 Å². The predicted molar refractivity (Wildman–Crippen MR) is 101 cm³/mol. The van der Waals surface area contributed by atoms with Crippen LogP contribution in [0.1, 0.15) is 37.3 Å². The number of likely N-dealkylation sites (tertiary alicyclic amines) is 1. The van der Waals surface area contributed by atoms with Crippen molar-refractivity contribution >= 4 is 11.8 Å². The zero-order valence-electron chi connectivity index (χ0n) is 15.9. The van der Waals surface area contributed by atoms with Gasteiger partial charge in [0.1, 0.15) is 0 Å². The molecular formula is C21H30N2O3. The van der Waals surface area contributed by atoms with E-state index in [1.54, 1.807) is 0 Å². The fourth-order valence-corrected chi connectivity index (χ4v) is 3.91. The maximum atomic E-state index is 12.8. The molecule has 0 aliphatic carbocycles. The third-order valence-electron chi connectivity index (χ3n) is 5.62. The number of hydrogen-bond donors (Lipinski definition) is 0. The summed E-state index contributed by atoms with van der Waals surface area (Å²) in [5.41, 5.74) is 2.42. The molecule has 142 valence electrons. The first-order valence-corrected chi connectivity index (χ1v) is 9.75. The zero-order valence-corrected chi connectivity index (χ0v) is 15.9. The van der Waals surface area contributed by atoms with Crippen molar-refractivity contribution in [3.8, 4) is 0 Å².